The quantitative estimate of drug-likeness (QED) is 0.840. The molecule has 2 heterocycles. The van der Waals surface area contributed by atoms with Crippen LogP contribution in [0.4, 0.5) is 5.69 Å². The summed E-state index contributed by atoms with van der Waals surface area (Å²) in [6.45, 7) is 3.26. The van der Waals surface area contributed by atoms with E-state index in [1.807, 2.05) is 18.2 Å². The summed E-state index contributed by atoms with van der Waals surface area (Å²) in [7, 11) is 0. The first-order valence-electron chi connectivity index (χ1n) is 7.15. The van der Waals surface area contributed by atoms with Gasteiger partial charge >= 0.3 is 0 Å². The number of hydrogen-bond acceptors (Lipinski definition) is 4. The van der Waals surface area contributed by atoms with Crippen LogP contribution >= 0.6 is 0 Å². The van der Waals surface area contributed by atoms with Gasteiger partial charge in [-0.3, -0.25) is 4.90 Å². The minimum Gasteiger partial charge on any atom is -0.439 e. The van der Waals surface area contributed by atoms with E-state index in [4.69, 9.17) is 10.2 Å². The van der Waals surface area contributed by atoms with Crippen LogP contribution < -0.4 is 5.73 Å². The average Bonchev–Trinajstić information content (AvgIpc) is 3.01. The Morgan fingerprint density at radius 3 is 2.84 bits per heavy atom. The van der Waals surface area contributed by atoms with Crippen LogP contribution in [0, 0.1) is 11.8 Å². The molecule has 2 aliphatic rings. The first-order valence-corrected chi connectivity index (χ1v) is 7.15. The maximum atomic E-state index is 5.80. The fraction of sp³-hybridized carbons (Fsp3) is 0.533. The van der Waals surface area contributed by atoms with Gasteiger partial charge in [0.1, 0.15) is 5.52 Å². The SMILES string of the molecule is Nc1ccc2nc(CN3CC4CCCC4C3)oc2c1. The molecule has 2 N–H and O–H groups in total. The lowest BCUT2D eigenvalue weighted by molar-refractivity contribution is 0.273. The molecular formula is C15H19N3O. The molecule has 2 unspecified atom stereocenters. The standard InChI is InChI=1S/C15H19N3O/c16-12-4-5-13-14(6-12)19-15(17-13)9-18-7-10-2-1-3-11(10)8-18/h4-6,10-11H,1-3,7-9,16H2. The number of benzene rings is 1. The second kappa shape index (κ2) is 4.23. The van der Waals surface area contributed by atoms with Crippen molar-refractivity contribution in [3.63, 3.8) is 0 Å². The number of anilines is 1. The van der Waals surface area contributed by atoms with Crippen molar-refractivity contribution in [3.8, 4) is 0 Å². The Bertz CT molecular complexity index is 594. The highest BCUT2D eigenvalue weighted by molar-refractivity contribution is 5.76. The zero-order valence-corrected chi connectivity index (χ0v) is 11.0. The predicted octanol–water partition coefficient (Wildman–Crippen LogP) is 2.64. The molecule has 1 aliphatic carbocycles. The molecule has 0 spiro atoms. The molecule has 0 amide bonds. The fourth-order valence-electron chi connectivity index (χ4n) is 3.71. The van der Waals surface area contributed by atoms with E-state index in [-0.39, 0.29) is 0 Å². The van der Waals surface area contributed by atoms with Crippen molar-refractivity contribution in [2.45, 2.75) is 25.8 Å². The molecule has 2 fully saturated rings. The molecule has 4 nitrogen and oxygen atoms in total. The van der Waals surface area contributed by atoms with Gasteiger partial charge in [0.2, 0.25) is 5.89 Å². The van der Waals surface area contributed by atoms with Crippen molar-refractivity contribution < 1.29 is 4.42 Å². The molecule has 0 bridgehead atoms. The van der Waals surface area contributed by atoms with Gasteiger partial charge in [-0.25, -0.2) is 4.98 Å². The van der Waals surface area contributed by atoms with Crippen LogP contribution in [0.15, 0.2) is 22.6 Å². The van der Waals surface area contributed by atoms with E-state index in [0.717, 1.165) is 41.1 Å². The Hall–Kier alpha value is -1.55. The molecule has 4 rings (SSSR count). The van der Waals surface area contributed by atoms with Crippen molar-refractivity contribution in [2.24, 2.45) is 11.8 Å². The second-order valence-corrected chi connectivity index (χ2v) is 5.98. The normalized spacial score (nSPS) is 27.2. The third-order valence-electron chi connectivity index (χ3n) is 4.62. The highest BCUT2D eigenvalue weighted by Crippen LogP contribution is 2.38. The Balaban J connectivity index is 1.52. The number of hydrogen-bond donors (Lipinski definition) is 1. The molecule has 2 atom stereocenters. The van der Waals surface area contributed by atoms with E-state index in [0.29, 0.717) is 0 Å². The maximum Gasteiger partial charge on any atom is 0.209 e. The third-order valence-corrected chi connectivity index (χ3v) is 4.62. The molecule has 1 aliphatic heterocycles. The maximum absolute atomic E-state index is 5.80. The number of likely N-dealkylation sites (tertiary alicyclic amines) is 1. The van der Waals surface area contributed by atoms with E-state index in [9.17, 15) is 0 Å². The summed E-state index contributed by atoms with van der Waals surface area (Å²) < 4.78 is 5.80. The van der Waals surface area contributed by atoms with Crippen LogP contribution in [0.25, 0.3) is 11.1 Å². The molecule has 1 aromatic heterocycles. The van der Waals surface area contributed by atoms with Gasteiger partial charge in [-0.05, 0) is 36.8 Å². The molecular weight excluding hydrogens is 238 g/mol. The van der Waals surface area contributed by atoms with Crippen molar-refractivity contribution in [1.29, 1.82) is 0 Å². The molecule has 0 radical (unpaired) electrons. The lowest BCUT2D eigenvalue weighted by Crippen LogP contribution is -2.21. The van der Waals surface area contributed by atoms with Gasteiger partial charge < -0.3 is 10.2 Å². The minimum atomic E-state index is 0.728. The van der Waals surface area contributed by atoms with Gasteiger partial charge in [0.15, 0.2) is 5.58 Å². The molecule has 1 saturated carbocycles. The van der Waals surface area contributed by atoms with E-state index < -0.39 is 0 Å². The van der Waals surface area contributed by atoms with E-state index in [2.05, 4.69) is 9.88 Å². The summed E-state index contributed by atoms with van der Waals surface area (Å²) in [4.78, 5) is 7.04. The summed E-state index contributed by atoms with van der Waals surface area (Å²) in [6, 6.07) is 5.65. The Morgan fingerprint density at radius 1 is 1.26 bits per heavy atom. The zero-order valence-electron chi connectivity index (χ0n) is 11.0. The lowest BCUT2D eigenvalue weighted by Gasteiger charge is -2.13. The number of fused-ring (bicyclic) bond motifs is 2. The Morgan fingerprint density at radius 2 is 2.05 bits per heavy atom. The number of nitrogens with two attached hydrogens (primary N) is 1. The highest BCUT2D eigenvalue weighted by Gasteiger charge is 2.36. The smallest absolute Gasteiger partial charge is 0.209 e. The number of oxazole rings is 1. The Labute approximate surface area is 112 Å². The molecule has 1 saturated heterocycles. The van der Waals surface area contributed by atoms with Gasteiger partial charge in [0.05, 0.1) is 6.54 Å². The largest absolute Gasteiger partial charge is 0.439 e. The van der Waals surface area contributed by atoms with Crippen LogP contribution in [0.2, 0.25) is 0 Å². The van der Waals surface area contributed by atoms with Crippen molar-refractivity contribution >= 4 is 16.8 Å². The van der Waals surface area contributed by atoms with Crippen molar-refractivity contribution in [3.05, 3.63) is 24.1 Å². The first-order chi connectivity index (χ1) is 9.28. The van der Waals surface area contributed by atoms with E-state index >= 15 is 0 Å². The van der Waals surface area contributed by atoms with Crippen LogP contribution in [-0.2, 0) is 6.54 Å². The summed E-state index contributed by atoms with van der Waals surface area (Å²) in [5.74, 6) is 2.65. The van der Waals surface area contributed by atoms with E-state index in [1.165, 1.54) is 32.4 Å². The van der Waals surface area contributed by atoms with E-state index in [1.54, 1.807) is 0 Å². The predicted molar refractivity (Wildman–Crippen MR) is 74.5 cm³/mol. The van der Waals surface area contributed by atoms with Gasteiger partial charge in [0.25, 0.3) is 0 Å². The average molecular weight is 257 g/mol. The van der Waals surface area contributed by atoms with Gasteiger partial charge in [-0.2, -0.15) is 0 Å². The molecule has 19 heavy (non-hydrogen) atoms. The van der Waals surface area contributed by atoms with Crippen molar-refractivity contribution in [2.75, 3.05) is 18.8 Å². The topological polar surface area (TPSA) is 55.3 Å². The first kappa shape index (κ1) is 11.3. The minimum absolute atomic E-state index is 0.728. The fourth-order valence-corrected chi connectivity index (χ4v) is 3.71. The molecule has 4 heteroatoms. The van der Waals surface area contributed by atoms with Gasteiger partial charge in [-0.1, -0.05) is 6.42 Å². The summed E-state index contributed by atoms with van der Waals surface area (Å²) in [5, 5.41) is 0. The number of nitrogen functional groups attached to an aromatic ring is 1. The van der Waals surface area contributed by atoms with Crippen LogP contribution in [0.1, 0.15) is 25.2 Å². The van der Waals surface area contributed by atoms with Crippen LogP contribution in [-0.4, -0.2) is 23.0 Å². The van der Waals surface area contributed by atoms with Gasteiger partial charge in [0, 0.05) is 24.8 Å². The molecule has 1 aromatic carbocycles. The second-order valence-electron chi connectivity index (χ2n) is 5.98. The number of rotatable bonds is 2. The highest BCUT2D eigenvalue weighted by atomic mass is 16.3. The monoisotopic (exact) mass is 257 g/mol. The third kappa shape index (κ3) is 2.00. The zero-order chi connectivity index (χ0) is 12.8. The number of aromatic nitrogens is 1. The molecule has 100 valence electrons. The van der Waals surface area contributed by atoms with Crippen molar-refractivity contribution in [1.82, 2.24) is 9.88 Å². The lowest BCUT2D eigenvalue weighted by atomic mass is 10.0. The molecule has 2 aromatic rings. The van der Waals surface area contributed by atoms with Crippen LogP contribution in [0.5, 0.6) is 0 Å². The Kier molecular flexibility index (Phi) is 2.52. The van der Waals surface area contributed by atoms with Gasteiger partial charge in [-0.15, -0.1) is 0 Å². The summed E-state index contributed by atoms with van der Waals surface area (Å²) in [6.07, 6.45) is 4.24. The summed E-state index contributed by atoms with van der Waals surface area (Å²) >= 11 is 0. The number of nitrogens with zero attached hydrogens (tertiary/aromatic N) is 2. The van der Waals surface area contributed by atoms with Crippen LogP contribution in [0.3, 0.4) is 0 Å². The summed E-state index contributed by atoms with van der Waals surface area (Å²) in [5.41, 5.74) is 8.19.